The van der Waals surface area contributed by atoms with E-state index in [1.54, 1.807) is 0 Å². The Labute approximate surface area is 84.2 Å². The molecule has 0 saturated heterocycles. The van der Waals surface area contributed by atoms with Crippen LogP contribution in [0.3, 0.4) is 0 Å². The van der Waals surface area contributed by atoms with Gasteiger partial charge in [-0.25, -0.2) is 4.39 Å². The van der Waals surface area contributed by atoms with Crippen LogP contribution in [0.1, 0.15) is 10.4 Å². The molecular weight excluding hydrogens is 197 g/mol. The van der Waals surface area contributed by atoms with Crippen molar-refractivity contribution in [2.45, 2.75) is 19.6 Å². The molecule has 0 fully saturated rings. The first-order chi connectivity index (χ1) is 6.38. The average Bonchev–Trinajstić information content (AvgIpc) is 2.02. The Morgan fingerprint density at radius 2 is 1.71 bits per heavy atom. The standard InChI is InChI=1S/C10H14FNOSi/c1-14(2,3)12-10(13)8-4-6-9(11)7-5-8/h4-7H,1-3H3,(H,12,13). The van der Waals surface area contributed by atoms with Crippen LogP contribution in [0.25, 0.3) is 0 Å². The highest BCUT2D eigenvalue weighted by Gasteiger charge is 2.17. The molecule has 0 unspecified atom stereocenters. The van der Waals surface area contributed by atoms with Gasteiger partial charge in [0.25, 0.3) is 0 Å². The Kier molecular flexibility index (Phi) is 3.05. The number of nitrogens with one attached hydrogen (secondary N) is 1. The predicted molar refractivity (Wildman–Crippen MR) is 57.2 cm³/mol. The van der Waals surface area contributed by atoms with Gasteiger partial charge in [0, 0.05) is 5.56 Å². The maximum Gasteiger partial charge on any atom is 0.243 e. The molecule has 0 spiro atoms. The van der Waals surface area contributed by atoms with E-state index in [1.165, 1.54) is 24.3 Å². The summed E-state index contributed by atoms with van der Waals surface area (Å²) in [6, 6.07) is 5.56. The number of amides is 1. The molecule has 1 aromatic rings. The van der Waals surface area contributed by atoms with E-state index >= 15 is 0 Å². The van der Waals surface area contributed by atoms with Crippen molar-refractivity contribution < 1.29 is 9.18 Å². The fourth-order valence-corrected chi connectivity index (χ4v) is 1.84. The third-order valence-corrected chi connectivity index (χ3v) is 2.57. The summed E-state index contributed by atoms with van der Waals surface area (Å²) in [5.74, 6) is -0.446. The minimum atomic E-state index is -1.61. The Morgan fingerprint density at radius 3 is 2.14 bits per heavy atom. The van der Waals surface area contributed by atoms with E-state index in [0.29, 0.717) is 5.56 Å². The van der Waals surface area contributed by atoms with E-state index in [4.69, 9.17) is 0 Å². The highest BCUT2D eigenvalue weighted by Crippen LogP contribution is 2.04. The van der Waals surface area contributed by atoms with Gasteiger partial charge in [-0.15, -0.1) is 0 Å². The van der Waals surface area contributed by atoms with E-state index in [1.807, 2.05) is 19.6 Å². The first kappa shape index (κ1) is 10.9. The largest absolute Gasteiger partial charge is 0.378 e. The molecule has 0 aliphatic heterocycles. The Bertz CT molecular complexity index is 329. The molecule has 1 aromatic carbocycles. The molecular formula is C10H14FNOSi. The van der Waals surface area contributed by atoms with Crippen molar-refractivity contribution >= 4 is 14.1 Å². The normalized spacial score (nSPS) is 11.1. The van der Waals surface area contributed by atoms with Crippen LogP contribution in [0.2, 0.25) is 19.6 Å². The molecule has 76 valence electrons. The second kappa shape index (κ2) is 3.92. The van der Waals surface area contributed by atoms with Crippen molar-refractivity contribution in [3.63, 3.8) is 0 Å². The third kappa shape index (κ3) is 3.30. The lowest BCUT2D eigenvalue weighted by Crippen LogP contribution is -2.45. The van der Waals surface area contributed by atoms with Gasteiger partial charge in [0.1, 0.15) is 14.1 Å². The predicted octanol–water partition coefficient (Wildman–Crippen LogP) is 2.39. The number of carbonyl (C=O) groups excluding carboxylic acids is 1. The molecule has 1 amide bonds. The molecule has 0 saturated carbocycles. The van der Waals surface area contributed by atoms with Crippen LogP contribution in [0, 0.1) is 5.82 Å². The molecule has 0 aliphatic rings. The number of hydrogen-bond acceptors (Lipinski definition) is 1. The fraction of sp³-hybridized carbons (Fsp3) is 0.300. The van der Waals surface area contributed by atoms with Crippen molar-refractivity contribution in [1.29, 1.82) is 0 Å². The summed E-state index contributed by atoms with van der Waals surface area (Å²) >= 11 is 0. The van der Waals surface area contributed by atoms with E-state index in [9.17, 15) is 9.18 Å². The van der Waals surface area contributed by atoms with E-state index in [0.717, 1.165) is 0 Å². The molecule has 0 bridgehead atoms. The highest BCUT2D eigenvalue weighted by atomic mass is 28.3. The van der Waals surface area contributed by atoms with Gasteiger partial charge < -0.3 is 4.98 Å². The molecule has 1 rings (SSSR count). The summed E-state index contributed by atoms with van der Waals surface area (Å²) < 4.78 is 12.6. The van der Waals surface area contributed by atoms with Crippen molar-refractivity contribution in [3.8, 4) is 0 Å². The lowest BCUT2D eigenvalue weighted by atomic mass is 10.2. The van der Waals surface area contributed by atoms with Crippen molar-refractivity contribution in [2.75, 3.05) is 0 Å². The van der Waals surface area contributed by atoms with Crippen molar-refractivity contribution in [1.82, 2.24) is 4.98 Å². The number of carbonyl (C=O) groups is 1. The zero-order valence-electron chi connectivity index (χ0n) is 8.60. The van der Waals surface area contributed by atoms with Gasteiger partial charge in [0.05, 0.1) is 0 Å². The highest BCUT2D eigenvalue weighted by molar-refractivity contribution is 6.76. The third-order valence-electron chi connectivity index (χ3n) is 1.59. The van der Waals surface area contributed by atoms with Gasteiger partial charge in [-0.05, 0) is 24.3 Å². The van der Waals surface area contributed by atoms with Gasteiger partial charge in [-0.2, -0.15) is 0 Å². The summed E-state index contributed by atoms with van der Waals surface area (Å²) in [5, 5.41) is 0. The zero-order chi connectivity index (χ0) is 10.8. The maximum atomic E-state index is 12.6. The molecule has 0 aromatic heterocycles. The minimum Gasteiger partial charge on any atom is -0.378 e. The number of halogens is 1. The van der Waals surface area contributed by atoms with Crippen LogP contribution in [-0.4, -0.2) is 14.1 Å². The van der Waals surface area contributed by atoms with E-state index < -0.39 is 8.24 Å². The van der Waals surface area contributed by atoms with Gasteiger partial charge in [-0.1, -0.05) is 19.6 Å². The van der Waals surface area contributed by atoms with Gasteiger partial charge in [0.15, 0.2) is 0 Å². The fourth-order valence-electron chi connectivity index (χ4n) is 1.01. The molecule has 0 atom stereocenters. The van der Waals surface area contributed by atoms with Crippen LogP contribution < -0.4 is 4.98 Å². The number of benzene rings is 1. The second-order valence-corrected chi connectivity index (χ2v) is 8.96. The zero-order valence-corrected chi connectivity index (χ0v) is 9.60. The lowest BCUT2D eigenvalue weighted by molar-refractivity contribution is 0.0978. The molecule has 4 heteroatoms. The van der Waals surface area contributed by atoms with Gasteiger partial charge >= 0.3 is 0 Å². The first-order valence-corrected chi connectivity index (χ1v) is 7.96. The maximum absolute atomic E-state index is 12.6. The molecule has 14 heavy (non-hydrogen) atoms. The summed E-state index contributed by atoms with van der Waals surface area (Å²) in [6.45, 7) is 6.11. The van der Waals surface area contributed by atoms with Crippen molar-refractivity contribution in [3.05, 3.63) is 35.6 Å². The molecule has 1 N–H and O–H groups in total. The lowest BCUT2D eigenvalue weighted by Gasteiger charge is -2.17. The van der Waals surface area contributed by atoms with Crippen LogP contribution >= 0.6 is 0 Å². The number of rotatable bonds is 2. The number of hydrogen-bond donors (Lipinski definition) is 1. The summed E-state index contributed by atoms with van der Waals surface area (Å²) in [6.07, 6.45) is 0. The topological polar surface area (TPSA) is 29.1 Å². The van der Waals surface area contributed by atoms with Crippen molar-refractivity contribution in [2.24, 2.45) is 0 Å². The Balaban J connectivity index is 2.76. The second-order valence-electron chi connectivity index (χ2n) is 4.21. The summed E-state index contributed by atoms with van der Waals surface area (Å²) in [7, 11) is -1.61. The van der Waals surface area contributed by atoms with Crippen LogP contribution in [0.4, 0.5) is 4.39 Å². The average molecular weight is 211 g/mol. The van der Waals surface area contributed by atoms with Gasteiger partial charge in [0.2, 0.25) is 5.91 Å². The summed E-state index contributed by atoms with van der Waals surface area (Å²) in [5.41, 5.74) is 0.508. The minimum absolute atomic E-state index is 0.121. The quantitative estimate of drug-likeness (QED) is 0.748. The van der Waals surface area contributed by atoms with Gasteiger partial charge in [-0.3, -0.25) is 4.79 Å². The smallest absolute Gasteiger partial charge is 0.243 e. The van der Waals surface area contributed by atoms with Crippen LogP contribution in [-0.2, 0) is 0 Å². The molecule has 2 nitrogen and oxygen atoms in total. The first-order valence-electron chi connectivity index (χ1n) is 4.46. The Morgan fingerprint density at radius 1 is 1.21 bits per heavy atom. The molecule has 0 radical (unpaired) electrons. The van der Waals surface area contributed by atoms with Crippen LogP contribution in [0.15, 0.2) is 24.3 Å². The monoisotopic (exact) mass is 211 g/mol. The van der Waals surface area contributed by atoms with E-state index in [-0.39, 0.29) is 11.7 Å². The van der Waals surface area contributed by atoms with Crippen LogP contribution in [0.5, 0.6) is 0 Å². The molecule has 0 aliphatic carbocycles. The Hall–Kier alpha value is -1.16. The van der Waals surface area contributed by atoms with E-state index in [2.05, 4.69) is 4.98 Å². The SMILES string of the molecule is C[Si](C)(C)NC(=O)c1ccc(F)cc1. The molecule has 0 heterocycles. The summed E-state index contributed by atoms with van der Waals surface area (Å²) in [4.78, 5) is 14.5.